The summed E-state index contributed by atoms with van der Waals surface area (Å²) < 4.78 is 0. The number of amides is 1. The van der Waals surface area contributed by atoms with Gasteiger partial charge in [-0.15, -0.1) is 11.8 Å². The normalized spacial score (nSPS) is 10.3. The molecule has 2 aromatic rings. The molecule has 0 unspecified atom stereocenters. The van der Waals surface area contributed by atoms with Gasteiger partial charge in [-0.05, 0) is 42.0 Å². The van der Waals surface area contributed by atoms with Crippen LogP contribution in [0.1, 0.15) is 18.4 Å². The Kier molecular flexibility index (Phi) is 6.31. The van der Waals surface area contributed by atoms with Crippen LogP contribution in [0.2, 0.25) is 0 Å². The standard InChI is InChI=1S/C17H19NO2S/c19-13-14-8-10-15(11-9-14)18-17(20)7-4-12-21-16-5-2-1-3-6-16/h1-3,5-6,8-11,19H,4,7,12-13H2,(H,18,20). The first-order chi connectivity index (χ1) is 10.3. The number of aliphatic hydroxyl groups excluding tert-OH is 1. The van der Waals surface area contributed by atoms with Gasteiger partial charge < -0.3 is 10.4 Å². The quantitative estimate of drug-likeness (QED) is 0.606. The van der Waals surface area contributed by atoms with Crippen LogP contribution in [0, 0.1) is 0 Å². The number of carbonyl (C=O) groups is 1. The maximum atomic E-state index is 11.8. The Labute approximate surface area is 129 Å². The molecule has 0 atom stereocenters. The van der Waals surface area contributed by atoms with Crippen molar-refractivity contribution in [3.05, 3.63) is 60.2 Å². The molecule has 0 bridgehead atoms. The average Bonchev–Trinajstić information content (AvgIpc) is 2.53. The van der Waals surface area contributed by atoms with Crippen molar-refractivity contribution < 1.29 is 9.90 Å². The van der Waals surface area contributed by atoms with Gasteiger partial charge >= 0.3 is 0 Å². The van der Waals surface area contributed by atoms with Gasteiger partial charge in [-0.3, -0.25) is 4.79 Å². The number of anilines is 1. The number of hydrogen-bond acceptors (Lipinski definition) is 3. The van der Waals surface area contributed by atoms with Crippen LogP contribution in [0.5, 0.6) is 0 Å². The van der Waals surface area contributed by atoms with Gasteiger partial charge in [0.2, 0.25) is 5.91 Å². The molecule has 0 aliphatic heterocycles. The van der Waals surface area contributed by atoms with E-state index in [9.17, 15) is 4.79 Å². The minimum absolute atomic E-state index is 0.0188. The predicted molar refractivity (Wildman–Crippen MR) is 87.4 cm³/mol. The SMILES string of the molecule is O=C(CCCSc1ccccc1)Nc1ccc(CO)cc1. The van der Waals surface area contributed by atoms with Crippen LogP contribution in [-0.4, -0.2) is 16.8 Å². The fourth-order valence-corrected chi connectivity index (χ4v) is 2.73. The molecule has 2 rings (SSSR count). The zero-order valence-electron chi connectivity index (χ0n) is 11.8. The van der Waals surface area contributed by atoms with Gasteiger partial charge in [0.05, 0.1) is 6.61 Å². The Morgan fingerprint density at radius 3 is 2.43 bits per heavy atom. The van der Waals surface area contributed by atoms with Crippen molar-refractivity contribution in [2.45, 2.75) is 24.3 Å². The van der Waals surface area contributed by atoms with E-state index in [4.69, 9.17) is 5.11 Å². The van der Waals surface area contributed by atoms with E-state index >= 15 is 0 Å². The van der Waals surface area contributed by atoms with Crippen molar-refractivity contribution in [3.63, 3.8) is 0 Å². The largest absolute Gasteiger partial charge is 0.392 e. The van der Waals surface area contributed by atoms with E-state index in [0.29, 0.717) is 6.42 Å². The Hall–Kier alpha value is -1.78. The zero-order chi connectivity index (χ0) is 14.9. The molecule has 0 fully saturated rings. The van der Waals surface area contributed by atoms with E-state index in [-0.39, 0.29) is 12.5 Å². The Balaban J connectivity index is 1.67. The summed E-state index contributed by atoms with van der Waals surface area (Å²) >= 11 is 1.77. The van der Waals surface area contributed by atoms with Crippen LogP contribution in [0.4, 0.5) is 5.69 Å². The summed E-state index contributed by atoms with van der Waals surface area (Å²) in [4.78, 5) is 13.0. The highest BCUT2D eigenvalue weighted by atomic mass is 32.2. The molecule has 4 heteroatoms. The molecular weight excluding hydrogens is 282 g/mol. The number of aliphatic hydroxyl groups is 1. The summed E-state index contributed by atoms with van der Waals surface area (Å²) in [6.07, 6.45) is 1.36. The predicted octanol–water partition coefficient (Wildman–Crippen LogP) is 3.69. The average molecular weight is 301 g/mol. The van der Waals surface area contributed by atoms with Gasteiger partial charge in [-0.2, -0.15) is 0 Å². The minimum atomic E-state index is 0.0188. The molecule has 2 aromatic carbocycles. The highest BCUT2D eigenvalue weighted by Crippen LogP contribution is 2.18. The zero-order valence-corrected chi connectivity index (χ0v) is 12.6. The van der Waals surface area contributed by atoms with Gasteiger partial charge in [-0.1, -0.05) is 30.3 Å². The van der Waals surface area contributed by atoms with Gasteiger partial charge in [0, 0.05) is 17.0 Å². The van der Waals surface area contributed by atoms with E-state index in [1.165, 1.54) is 4.90 Å². The van der Waals surface area contributed by atoms with Gasteiger partial charge in [0.15, 0.2) is 0 Å². The second-order valence-electron chi connectivity index (χ2n) is 4.67. The van der Waals surface area contributed by atoms with Crippen LogP contribution in [0.25, 0.3) is 0 Å². The van der Waals surface area contributed by atoms with Crippen molar-refractivity contribution in [1.82, 2.24) is 0 Å². The van der Waals surface area contributed by atoms with Gasteiger partial charge in [-0.25, -0.2) is 0 Å². The molecule has 0 saturated carbocycles. The molecule has 0 radical (unpaired) electrons. The van der Waals surface area contributed by atoms with E-state index < -0.39 is 0 Å². The van der Waals surface area contributed by atoms with Crippen molar-refractivity contribution in [1.29, 1.82) is 0 Å². The number of nitrogens with one attached hydrogen (secondary N) is 1. The van der Waals surface area contributed by atoms with E-state index in [1.54, 1.807) is 23.9 Å². The summed E-state index contributed by atoms with van der Waals surface area (Å²) in [6.45, 7) is 0.0188. The number of benzene rings is 2. The van der Waals surface area contributed by atoms with Crippen molar-refractivity contribution in [2.75, 3.05) is 11.1 Å². The highest BCUT2D eigenvalue weighted by Gasteiger charge is 2.02. The third kappa shape index (κ3) is 5.61. The Morgan fingerprint density at radius 1 is 1.05 bits per heavy atom. The summed E-state index contributed by atoms with van der Waals surface area (Å²) in [5, 5.41) is 11.8. The molecule has 110 valence electrons. The number of rotatable bonds is 7. The number of carbonyl (C=O) groups excluding carboxylic acids is 1. The maximum absolute atomic E-state index is 11.8. The molecule has 0 heterocycles. The van der Waals surface area contributed by atoms with Crippen LogP contribution in [0.3, 0.4) is 0 Å². The number of hydrogen-bond donors (Lipinski definition) is 2. The Morgan fingerprint density at radius 2 is 1.76 bits per heavy atom. The fraction of sp³-hybridized carbons (Fsp3) is 0.235. The molecule has 0 aliphatic carbocycles. The molecule has 0 aromatic heterocycles. The first-order valence-electron chi connectivity index (χ1n) is 6.95. The molecule has 0 saturated heterocycles. The monoisotopic (exact) mass is 301 g/mol. The minimum Gasteiger partial charge on any atom is -0.392 e. The topological polar surface area (TPSA) is 49.3 Å². The van der Waals surface area contributed by atoms with E-state index in [2.05, 4.69) is 17.4 Å². The lowest BCUT2D eigenvalue weighted by molar-refractivity contribution is -0.116. The lowest BCUT2D eigenvalue weighted by Gasteiger charge is -2.06. The second kappa shape index (κ2) is 8.49. The summed E-state index contributed by atoms with van der Waals surface area (Å²) in [7, 11) is 0. The second-order valence-corrected chi connectivity index (χ2v) is 5.84. The molecule has 0 aliphatic rings. The van der Waals surface area contributed by atoms with Crippen LogP contribution in [0.15, 0.2) is 59.5 Å². The van der Waals surface area contributed by atoms with Crippen molar-refractivity contribution in [3.8, 4) is 0 Å². The van der Waals surface area contributed by atoms with Crippen LogP contribution in [-0.2, 0) is 11.4 Å². The van der Waals surface area contributed by atoms with E-state index in [1.807, 2.05) is 30.3 Å². The van der Waals surface area contributed by atoms with Crippen LogP contribution < -0.4 is 5.32 Å². The molecular formula is C17H19NO2S. The lowest BCUT2D eigenvalue weighted by Crippen LogP contribution is -2.11. The fourth-order valence-electron chi connectivity index (χ4n) is 1.86. The smallest absolute Gasteiger partial charge is 0.224 e. The Bertz CT molecular complexity index is 555. The molecule has 3 nitrogen and oxygen atoms in total. The summed E-state index contributed by atoms with van der Waals surface area (Å²) in [5.74, 6) is 0.960. The number of thioether (sulfide) groups is 1. The first kappa shape index (κ1) is 15.6. The lowest BCUT2D eigenvalue weighted by atomic mass is 10.2. The summed E-state index contributed by atoms with van der Waals surface area (Å²) in [6, 6.07) is 17.4. The van der Waals surface area contributed by atoms with Crippen molar-refractivity contribution in [2.24, 2.45) is 0 Å². The third-order valence-corrected chi connectivity index (χ3v) is 4.08. The molecule has 1 amide bonds. The van der Waals surface area contributed by atoms with Gasteiger partial charge in [0.25, 0.3) is 0 Å². The van der Waals surface area contributed by atoms with E-state index in [0.717, 1.165) is 23.4 Å². The van der Waals surface area contributed by atoms with Gasteiger partial charge in [0.1, 0.15) is 0 Å². The van der Waals surface area contributed by atoms with Crippen LogP contribution >= 0.6 is 11.8 Å². The third-order valence-electron chi connectivity index (χ3n) is 2.98. The maximum Gasteiger partial charge on any atom is 0.224 e. The molecule has 21 heavy (non-hydrogen) atoms. The first-order valence-corrected chi connectivity index (χ1v) is 7.94. The summed E-state index contributed by atoms with van der Waals surface area (Å²) in [5.41, 5.74) is 1.61. The molecule has 0 spiro atoms. The van der Waals surface area contributed by atoms with Crippen molar-refractivity contribution >= 4 is 23.4 Å². The molecule has 2 N–H and O–H groups in total. The highest BCUT2D eigenvalue weighted by molar-refractivity contribution is 7.99.